The van der Waals surface area contributed by atoms with Gasteiger partial charge in [-0.2, -0.15) is 0 Å². The highest BCUT2D eigenvalue weighted by Gasteiger charge is 2.13. The quantitative estimate of drug-likeness (QED) is 0.825. The monoisotopic (exact) mass is 261 g/mol. The molecule has 0 aliphatic heterocycles. The Labute approximate surface area is 111 Å². The molecule has 18 heavy (non-hydrogen) atoms. The Bertz CT molecular complexity index is 529. The second-order valence-electron chi connectivity index (χ2n) is 5.13. The van der Waals surface area contributed by atoms with Crippen molar-refractivity contribution in [3.8, 4) is 0 Å². The zero-order valence-corrected chi connectivity index (χ0v) is 11.3. The van der Waals surface area contributed by atoms with E-state index < -0.39 is 0 Å². The van der Waals surface area contributed by atoms with E-state index in [0.29, 0.717) is 0 Å². The van der Waals surface area contributed by atoms with Crippen LogP contribution in [0.3, 0.4) is 0 Å². The number of hydrogen-bond donors (Lipinski definition) is 2. The Kier molecular flexibility index (Phi) is 3.37. The van der Waals surface area contributed by atoms with Gasteiger partial charge in [-0.15, -0.1) is 0 Å². The molecule has 3 nitrogen and oxygen atoms in total. The van der Waals surface area contributed by atoms with E-state index in [0.717, 1.165) is 28.8 Å². The standard InChI is InChI=1S/C14H19N3S/c15-11-6-7-12-13(8-11)18-14(17-12)16-9-10-4-2-1-3-5-10/h6-8,10H,1-5,9,15H2,(H,16,17). The molecule has 3 N–H and O–H groups in total. The van der Waals surface area contributed by atoms with Crippen LogP contribution in [0.1, 0.15) is 32.1 Å². The summed E-state index contributed by atoms with van der Waals surface area (Å²) in [5.41, 5.74) is 7.63. The zero-order chi connectivity index (χ0) is 12.4. The lowest BCUT2D eigenvalue weighted by atomic mass is 9.89. The fourth-order valence-electron chi connectivity index (χ4n) is 2.64. The minimum absolute atomic E-state index is 0.810. The van der Waals surface area contributed by atoms with Crippen LogP contribution in [0.4, 0.5) is 10.8 Å². The van der Waals surface area contributed by atoms with Gasteiger partial charge in [0.05, 0.1) is 10.2 Å². The molecule has 0 radical (unpaired) electrons. The Morgan fingerprint density at radius 1 is 1.28 bits per heavy atom. The van der Waals surface area contributed by atoms with E-state index in [2.05, 4.69) is 10.3 Å². The summed E-state index contributed by atoms with van der Waals surface area (Å²) in [4.78, 5) is 4.59. The molecule has 0 atom stereocenters. The summed E-state index contributed by atoms with van der Waals surface area (Å²) in [5, 5.41) is 4.52. The van der Waals surface area contributed by atoms with E-state index in [1.54, 1.807) is 11.3 Å². The van der Waals surface area contributed by atoms with E-state index in [1.807, 2.05) is 18.2 Å². The molecule has 3 rings (SSSR count). The van der Waals surface area contributed by atoms with Crippen molar-refractivity contribution in [3.05, 3.63) is 18.2 Å². The van der Waals surface area contributed by atoms with Gasteiger partial charge in [0.25, 0.3) is 0 Å². The van der Waals surface area contributed by atoms with Crippen LogP contribution in [-0.4, -0.2) is 11.5 Å². The van der Waals surface area contributed by atoms with Gasteiger partial charge in [-0.1, -0.05) is 30.6 Å². The smallest absolute Gasteiger partial charge is 0.183 e. The van der Waals surface area contributed by atoms with Gasteiger partial charge >= 0.3 is 0 Å². The number of fused-ring (bicyclic) bond motifs is 1. The maximum atomic E-state index is 5.78. The topological polar surface area (TPSA) is 50.9 Å². The molecule has 1 aliphatic carbocycles. The number of nitrogens with one attached hydrogen (secondary N) is 1. The van der Waals surface area contributed by atoms with Crippen LogP contribution in [0.15, 0.2) is 18.2 Å². The van der Waals surface area contributed by atoms with Crippen LogP contribution in [0.5, 0.6) is 0 Å². The van der Waals surface area contributed by atoms with Crippen molar-refractivity contribution in [2.45, 2.75) is 32.1 Å². The van der Waals surface area contributed by atoms with E-state index in [1.165, 1.54) is 36.8 Å². The maximum absolute atomic E-state index is 5.78. The minimum Gasteiger partial charge on any atom is -0.399 e. The van der Waals surface area contributed by atoms with Gasteiger partial charge in [0.2, 0.25) is 0 Å². The molecule has 0 spiro atoms. The highest BCUT2D eigenvalue weighted by molar-refractivity contribution is 7.22. The van der Waals surface area contributed by atoms with E-state index in [4.69, 9.17) is 5.73 Å². The Balaban J connectivity index is 1.67. The minimum atomic E-state index is 0.810. The number of rotatable bonds is 3. The van der Waals surface area contributed by atoms with Crippen LogP contribution < -0.4 is 11.1 Å². The second kappa shape index (κ2) is 5.14. The predicted molar refractivity (Wildman–Crippen MR) is 79.1 cm³/mol. The van der Waals surface area contributed by atoms with Crippen molar-refractivity contribution in [1.82, 2.24) is 4.98 Å². The SMILES string of the molecule is Nc1ccc2nc(NCC3CCCCC3)sc2c1. The number of aromatic nitrogens is 1. The van der Waals surface area contributed by atoms with E-state index >= 15 is 0 Å². The number of nitrogens with two attached hydrogens (primary N) is 1. The Morgan fingerprint density at radius 2 is 2.11 bits per heavy atom. The van der Waals surface area contributed by atoms with Crippen molar-refractivity contribution in [2.75, 3.05) is 17.6 Å². The summed E-state index contributed by atoms with van der Waals surface area (Å²) in [5.74, 6) is 0.829. The molecule has 0 unspecified atom stereocenters. The molecule has 1 aromatic carbocycles. The maximum Gasteiger partial charge on any atom is 0.183 e. The molecule has 1 heterocycles. The van der Waals surface area contributed by atoms with Crippen LogP contribution in [0, 0.1) is 5.92 Å². The average molecular weight is 261 g/mol. The van der Waals surface area contributed by atoms with Crippen molar-refractivity contribution >= 4 is 32.4 Å². The van der Waals surface area contributed by atoms with Crippen LogP contribution in [0.2, 0.25) is 0 Å². The highest BCUT2D eigenvalue weighted by atomic mass is 32.1. The summed E-state index contributed by atoms with van der Waals surface area (Å²) in [7, 11) is 0. The normalized spacial score (nSPS) is 17.1. The van der Waals surface area contributed by atoms with Gasteiger partial charge < -0.3 is 11.1 Å². The van der Waals surface area contributed by atoms with Gasteiger partial charge in [0, 0.05) is 12.2 Å². The summed E-state index contributed by atoms with van der Waals surface area (Å²) in [6, 6.07) is 5.90. The highest BCUT2D eigenvalue weighted by Crippen LogP contribution is 2.29. The van der Waals surface area contributed by atoms with Gasteiger partial charge in [0.1, 0.15) is 0 Å². The van der Waals surface area contributed by atoms with E-state index in [-0.39, 0.29) is 0 Å². The summed E-state index contributed by atoms with van der Waals surface area (Å²) >= 11 is 1.70. The zero-order valence-electron chi connectivity index (χ0n) is 10.5. The molecular formula is C14H19N3S. The lowest BCUT2D eigenvalue weighted by Gasteiger charge is -2.21. The third-order valence-corrected chi connectivity index (χ3v) is 4.66. The molecule has 1 aromatic heterocycles. The summed E-state index contributed by atoms with van der Waals surface area (Å²) in [6.45, 7) is 1.06. The number of thiazole rings is 1. The van der Waals surface area contributed by atoms with Crippen molar-refractivity contribution in [1.29, 1.82) is 0 Å². The lowest BCUT2D eigenvalue weighted by molar-refractivity contribution is 0.373. The fourth-order valence-corrected chi connectivity index (χ4v) is 3.56. The molecule has 0 saturated heterocycles. The first-order chi connectivity index (χ1) is 8.81. The first-order valence-corrected chi connectivity index (χ1v) is 7.53. The van der Waals surface area contributed by atoms with E-state index in [9.17, 15) is 0 Å². The molecule has 4 heteroatoms. The van der Waals surface area contributed by atoms with Gasteiger partial charge in [0.15, 0.2) is 5.13 Å². The number of benzene rings is 1. The molecule has 1 aliphatic rings. The first-order valence-electron chi connectivity index (χ1n) is 6.71. The molecule has 0 bridgehead atoms. The summed E-state index contributed by atoms with van der Waals surface area (Å²) in [6.07, 6.45) is 6.93. The molecule has 96 valence electrons. The summed E-state index contributed by atoms with van der Waals surface area (Å²) < 4.78 is 1.17. The number of nitrogens with zero attached hydrogens (tertiary/aromatic N) is 1. The molecule has 2 aromatic rings. The van der Waals surface area contributed by atoms with Gasteiger partial charge in [-0.05, 0) is 37.0 Å². The Morgan fingerprint density at radius 3 is 2.94 bits per heavy atom. The van der Waals surface area contributed by atoms with Crippen LogP contribution in [0.25, 0.3) is 10.2 Å². The predicted octanol–water partition coefficient (Wildman–Crippen LogP) is 3.87. The molecular weight excluding hydrogens is 242 g/mol. The van der Waals surface area contributed by atoms with Crippen molar-refractivity contribution in [3.63, 3.8) is 0 Å². The average Bonchev–Trinajstić information content (AvgIpc) is 2.79. The number of hydrogen-bond acceptors (Lipinski definition) is 4. The van der Waals surface area contributed by atoms with Crippen molar-refractivity contribution in [2.24, 2.45) is 5.92 Å². The largest absolute Gasteiger partial charge is 0.399 e. The third kappa shape index (κ3) is 2.58. The van der Waals surface area contributed by atoms with Crippen LogP contribution >= 0.6 is 11.3 Å². The lowest BCUT2D eigenvalue weighted by Crippen LogP contribution is -2.16. The van der Waals surface area contributed by atoms with Crippen molar-refractivity contribution < 1.29 is 0 Å². The van der Waals surface area contributed by atoms with Gasteiger partial charge in [-0.3, -0.25) is 0 Å². The number of anilines is 2. The van der Waals surface area contributed by atoms with Crippen LogP contribution in [-0.2, 0) is 0 Å². The molecule has 1 saturated carbocycles. The molecule has 0 amide bonds. The Hall–Kier alpha value is -1.29. The third-order valence-electron chi connectivity index (χ3n) is 3.68. The van der Waals surface area contributed by atoms with Gasteiger partial charge in [-0.25, -0.2) is 4.98 Å². The number of nitrogen functional groups attached to an aromatic ring is 1. The first kappa shape index (κ1) is 11.8. The molecule has 1 fully saturated rings. The fraction of sp³-hybridized carbons (Fsp3) is 0.500. The second-order valence-corrected chi connectivity index (χ2v) is 6.16.